The van der Waals surface area contributed by atoms with Crippen LogP contribution < -0.4 is 4.90 Å². The van der Waals surface area contributed by atoms with E-state index in [0.29, 0.717) is 0 Å². The molecular formula is C54H34N2O. The minimum atomic E-state index is 0.858. The zero-order valence-electron chi connectivity index (χ0n) is 30.9. The molecule has 0 fully saturated rings. The van der Waals surface area contributed by atoms with Gasteiger partial charge in [-0.25, -0.2) is 0 Å². The molecule has 0 radical (unpaired) electrons. The second-order valence-corrected chi connectivity index (χ2v) is 14.9. The molecule has 0 saturated carbocycles. The van der Waals surface area contributed by atoms with Gasteiger partial charge in [-0.05, 0) is 98.7 Å². The lowest BCUT2D eigenvalue weighted by atomic mass is 9.96. The number of hydrogen-bond donors (Lipinski definition) is 0. The van der Waals surface area contributed by atoms with Gasteiger partial charge in [0.2, 0.25) is 0 Å². The second-order valence-electron chi connectivity index (χ2n) is 14.9. The van der Waals surface area contributed by atoms with Crippen molar-refractivity contribution in [3.05, 3.63) is 206 Å². The molecule has 3 heteroatoms. The van der Waals surface area contributed by atoms with E-state index in [4.69, 9.17) is 4.42 Å². The highest BCUT2D eigenvalue weighted by atomic mass is 16.3. The molecular weight excluding hydrogens is 693 g/mol. The first kappa shape index (κ1) is 31.7. The Morgan fingerprint density at radius 3 is 1.88 bits per heavy atom. The SMILES string of the molecule is c1ccc(-c2ccc(N(c3ccc4c(c3)c3c5ccccc5ccc3n4-c3ccccc3)c3cccc4c3oc3cc5ccccc5cc34)c3ccccc23)cc1. The van der Waals surface area contributed by atoms with Crippen molar-refractivity contribution >= 4 is 93.1 Å². The Bertz CT molecular complexity index is 3520. The highest BCUT2D eigenvalue weighted by Gasteiger charge is 2.24. The molecule has 2 heterocycles. The summed E-state index contributed by atoms with van der Waals surface area (Å²) in [7, 11) is 0. The predicted molar refractivity (Wildman–Crippen MR) is 241 cm³/mol. The minimum absolute atomic E-state index is 0.858. The maximum Gasteiger partial charge on any atom is 0.159 e. The summed E-state index contributed by atoms with van der Waals surface area (Å²) in [6.45, 7) is 0. The zero-order valence-corrected chi connectivity index (χ0v) is 30.9. The molecule has 266 valence electrons. The van der Waals surface area contributed by atoms with Crippen molar-refractivity contribution in [2.24, 2.45) is 0 Å². The third-order valence-corrected chi connectivity index (χ3v) is 11.7. The molecule has 12 rings (SSSR count). The van der Waals surface area contributed by atoms with Crippen LogP contribution in [0.1, 0.15) is 0 Å². The van der Waals surface area contributed by atoms with E-state index >= 15 is 0 Å². The summed E-state index contributed by atoms with van der Waals surface area (Å²) in [4.78, 5) is 2.41. The van der Waals surface area contributed by atoms with E-state index in [1.807, 2.05) is 0 Å². The molecule has 0 spiro atoms. The maximum atomic E-state index is 6.95. The monoisotopic (exact) mass is 726 g/mol. The van der Waals surface area contributed by atoms with Crippen LogP contribution in [-0.2, 0) is 0 Å². The first-order valence-corrected chi connectivity index (χ1v) is 19.5. The fraction of sp³-hybridized carbons (Fsp3) is 0. The number of furan rings is 1. The van der Waals surface area contributed by atoms with Crippen molar-refractivity contribution in [3.8, 4) is 16.8 Å². The molecule has 12 aromatic rings. The van der Waals surface area contributed by atoms with Crippen molar-refractivity contribution < 1.29 is 4.42 Å². The zero-order chi connectivity index (χ0) is 37.5. The van der Waals surface area contributed by atoms with Crippen LogP contribution in [0, 0.1) is 0 Å². The summed E-state index contributed by atoms with van der Waals surface area (Å²) in [6, 6.07) is 74.5. The van der Waals surface area contributed by atoms with Crippen molar-refractivity contribution in [3.63, 3.8) is 0 Å². The highest BCUT2D eigenvalue weighted by Crippen LogP contribution is 2.48. The first-order valence-electron chi connectivity index (χ1n) is 19.5. The molecule has 0 N–H and O–H groups in total. The van der Waals surface area contributed by atoms with Gasteiger partial charge in [0.15, 0.2) is 5.58 Å². The van der Waals surface area contributed by atoms with Crippen LogP contribution in [0.4, 0.5) is 17.1 Å². The number of rotatable bonds is 5. The molecule has 0 bridgehead atoms. The average Bonchev–Trinajstić information content (AvgIpc) is 3.82. The lowest BCUT2D eigenvalue weighted by Crippen LogP contribution is -2.11. The van der Waals surface area contributed by atoms with Crippen LogP contribution in [0.15, 0.2) is 211 Å². The van der Waals surface area contributed by atoms with Crippen LogP contribution in [-0.4, -0.2) is 4.57 Å². The van der Waals surface area contributed by atoms with E-state index in [1.54, 1.807) is 0 Å². The van der Waals surface area contributed by atoms with Crippen LogP contribution in [0.2, 0.25) is 0 Å². The highest BCUT2D eigenvalue weighted by molar-refractivity contribution is 6.22. The summed E-state index contributed by atoms with van der Waals surface area (Å²) >= 11 is 0. The van der Waals surface area contributed by atoms with Gasteiger partial charge < -0.3 is 13.9 Å². The lowest BCUT2D eigenvalue weighted by Gasteiger charge is -2.28. The van der Waals surface area contributed by atoms with Gasteiger partial charge in [-0.3, -0.25) is 0 Å². The Kier molecular flexibility index (Phi) is 6.93. The fourth-order valence-electron chi connectivity index (χ4n) is 9.17. The average molecular weight is 727 g/mol. The largest absolute Gasteiger partial charge is 0.454 e. The minimum Gasteiger partial charge on any atom is -0.454 e. The third-order valence-electron chi connectivity index (χ3n) is 11.7. The van der Waals surface area contributed by atoms with Crippen molar-refractivity contribution in [2.75, 3.05) is 4.90 Å². The number of anilines is 3. The number of aromatic nitrogens is 1. The summed E-state index contributed by atoms with van der Waals surface area (Å²) in [5, 5.41) is 11.8. The molecule has 0 aliphatic heterocycles. The standard InChI is InChI=1S/C54H34N2O/c1-3-14-35(15-4-1)41-28-31-48(44-23-12-11-22-43(41)44)56(51-25-13-24-45-46-32-37-17-7-8-18-38(37)33-52(46)57-54(45)51)40-27-30-49-47(34-40)53-42-21-10-9-16-36(42)26-29-50(53)55(49)39-19-5-2-6-20-39/h1-34H. The number of hydrogen-bond acceptors (Lipinski definition) is 2. The molecule has 0 aliphatic rings. The Morgan fingerprint density at radius 1 is 0.386 bits per heavy atom. The number of benzene rings is 10. The van der Waals surface area contributed by atoms with E-state index in [2.05, 4.69) is 216 Å². The molecule has 10 aromatic carbocycles. The predicted octanol–water partition coefficient (Wildman–Crippen LogP) is 15.3. The van der Waals surface area contributed by atoms with Gasteiger partial charge in [-0.1, -0.05) is 146 Å². The summed E-state index contributed by atoms with van der Waals surface area (Å²) in [5.41, 5.74) is 10.7. The Hall–Kier alpha value is -7.62. The topological polar surface area (TPSA) is 21.3 Å². The van der Waals surface area contributed by atoms with E-state index in [0.717, 1.165) is 61.0 Å². The van der Waals surface area contributed by atoms with Crippen LogP contribution in [0.3, 0.4) is 0 Å². The molecule has 57 heavy (non-hydrogen) atoms. The molecule has 0 atom stereocenters. The van der Waals surface area contributed by atoms with E-state index in [9.17, 15) is 0 Å². The van der Waals surface area contributed by atoms with E-state index in [1.165, 1.54) is 49.0 Å². The van der Waals surface area contributed by atoms with Crippen LogP contribution >= 0.6 is 0 Å². The van der Waals surface area contributed by atoms with Crippen molar-refractivity contribution in [1.29, 1.82) is 0 Å². The van der Waals surface area contributed by atoms with Gasteiger partial charge >= 0.3 is 0 Å². The fourth-order valence-corrected chi connectivity index (χ4v) is 9.17. The molecule has 3 nitrogen and oxygen atoms in total. The maximum absolute atomic E-state index is 6.95. The first-order chi connectivity index (χ1) is 28.3. The molecule has 0 amide bonds. The molecule has 0 unspecified atom stereocenters. The smallest absolute Gasteiger partial charge is 0.159 e. The summed E-state index contributed by atoms with van der Waals surface area (Å²) in [6.07, 6.45) is 0. The lowest BCUT2D eigenvalue weighted by molar-refractivity contribution is 0.669. The quantitative estimate of drug-likeness (QED) is 0.176. The Balaban J connectivity index is 1.19. The third kappa shape index (κ3) is 4.86. The van der Waals surface area contributed by atoms with Gasteiger partial charge in [-0.2, -0.15) is 0 Å². The van der Waals surface area contributed by atoms with E-state index in [-0.39, 0.29) is 0 Å². The Morgan fingerprint density at radius 2 is 1.05 bits per heavy atom. The second kappa shape index (κ2) is 12.5. The van der Waals surface area contributed by atoms with Crippen molar-refractivity contribution in [1.82, 2.24) is 4.57 Å². The summed E-state index contributed by atoms with van der Waals surface area (Å²) < 4.78 is 9.35. The van der Waals surface area contributed by atoms with Gasteiger partial charge in [0.1, 0.15) is 5.58 Å². The number of fused-ring (bicyclic) bond motifs is 10. The summed E-state index contributed by atoms with van der Waals surface area (Å²) in [5.74, 6) is 0. The van der Waals surface area contributed by atoms with Gasteiger partial charge in [0.25, 0.3) is 0 Å². The molecule has 0 aliphatic carbocycles. The van der Waals surface area contributed by atoms with Crippen LogP contribution in [0.25, 0.3) is 92.9 Å². The van der Waals surface area contributed by atoms with Gasteiger partial charge in [0, 0.05) is 38.3 Å². The van der Waals surface area contributed by atoms with Crippen molar-refractivity contribution in [2.45, 2.75) is 0 Å². The number of para-hydroxylation sites is 2. The normalized spacial score (nSPS) is 11.9. The van der Waals surface area contributed by atoms with Gasteiger partial charge in [0.05, 0.1) is 22.4 Å². The van der Waals surface area contributed by atoms with E-state index < -0.39 is 0 Å². The van der Waals surface area contributed by atoms with Crippen LogP contribution in [0.5, 0.6) is 0 Å². The Labute approximate surface area is 328 Å². The van der Waals surface area contributed by atoms with Gasteiger partial charge in [-0.15, -0.1) is 0 Å². The molecule has 0 saturated heterocycles. The molecule has 2 aromatic heterocycles. The number of nitrogens with zero attached hydrogens (tertiary/aromatic N) is 2.